The van der Waals surface area contributed by atoms with Crippen LogP contribution < -0.4 is 4.90 Å². The number of hydrogen-bond donors (Lipinski definition) is 0. The fraction of sp³-hybridized carbons (Fsp3) is 0.308. The first-order valence-corrected chi connectivity index (χ1v) is 20.7. The average molecular weight is 686 g/mol. The Bertz CT molecular complexity index is 2380. The Morgan fingerprint density at radius 1 is 0.434 bits per heavy atom. The van der Waals surface area contributed by atoms with Crippen LogP contribution in [0.3, 0.4) is 0 Å². The molecule has 0 amide bonds. The molecule has 13 rings (SSSR count). The van der Waals surface area contributed by atoms with Crippen molar-refractivity contribution in [3.8, 4) is 33.4 Å². The second kappa shape index (κ2) is 11.3. The predicted octanol–water partition coefficient (Wildman–Crippen LogP) is 13.8. The van der Waals surface area contributed by atoms with Gasteiger partial charge in [0.2, 0.25) is 0 Å². The topological polar surface area (TPSA) is 3.24 Å². The lowest BCUT2D eigenvalue weighted by Crippen LogP contribution is -2.55. The fourth-order valence-corrected chi connectivity index (χ4v) is 13.5. The van der Waals surface area contributed by atoms with Crippen LogP contribution in [-0.2, 0) is 10.8 Å². The molecule has 5 fully saturated rings. The zero-order valence-corrected chi connectivity index (χ0v) is 30.6. The van der Waals surface area contributed by atoms with E-state index in [1.807, 2.05) is 0 Å². The maximum atomic E-state index is 2.68. The van der Waals surface area contributed by atoms with Crippen LogP contribution in [0.5, 0.6) is 0 Å². The quantitative estimate of drug-likeness (QED) is 0.179. The fourth-order valence-electron chi connectivity index (χ4n) is 13.5. The van der Waals surface area contributed by atoms with Gasteiger partial charge in [0.15, 0.2) is 0 Å². The van der Waals surface area contributed by atoms with Gasteiger partial charge in [0.05, 0.1) is 5.69 Å². The molecule has 2 spiro atoms. The van der Waals surface area contributed by atoms with Crippen LogP contribution in [0.25, 0.3) is 33.4 Å². The highest BCUT2D eigenvalue weighted by atomic mass is 15.1. The summed E-state index contributed by atoms with van der Waals surface area (Å²) in [4.78, 5) is 2.68. The molecule has 0 heterocycles. The molecule has 0 unspecified atom stereocenters. The van der Waals surface area contributed by atoms with Crippen molar-refractivity contribution in [2.45, 2.75) is 75.0 Å². The van der Waals surface area contributed by atoms with Crippen molar-refractivity contribution in [2.75, 3.05) is 4.90 Å². The SMILES string of the molecule is c1ccc(-c2cccc(N(c3ccc4c(c3)-c3ccccc3C43CCCCC3)c3cccc4c3C3(c5ccccc5-4)C4CC5CC(C4)CC3C5)c2)cc1. The summed E-state index contributed by atoms with van der Waals surface area (Å²) in [5.74, 6) is 3.24. The third-order valence-electron chi connectivity index (χ3n) is 15.2. The van der Waals surface area contributed by atoms with Crippen molar-refractivity contribution in [2.24, 2.45) is 23.7 Å². The van der Waals surface area contributed by atoms with Gasteiger partial charge in [-0.15, -0.1) is 0 Å². The molecule has 7 aliphatic rings. The number of fused-ring (bicyclic) bond motifs is 8. The Morgan fingerprint density at radius 3 is 1.81 bits per heavy atom. The van der Waals surface area contributed by atoms with Crippen molar-refractivity contribution < 1.29 is 0 Å². The Balaban J connectivity index is 1.12. The Hall–Kier alpha value is -4.88. The second-order valence-corrected chi connectivity index (χ2v) is 17.6. The van der Waals surface area contributed by atoms with E-state index >= 15 is 0 Å². The Morgan fingerprint density at radius 2 is 1.04 bits per heavy atom. The number of benzene rings is 6. The molecule has 6 aromatic rings. The van der Waals surface area contributed by atoms with Crippen LogP contribution in [0.15, 0.2) is 140 Å². The zero-order chi connectivity index (χ0) is 34.7. The molecular formula is C52H47N. The molecule has 5 saturated carbocycles. The minimum Gasteiger partial charge on any atom is -0.310 e. The molecule has 7 aliphatic carbocycles. The Labute approximate surface area is 314 Å². The molecule has 260 valence electrons. The first kappa shape index (κ1) is 30.6. The van der Waals surface area contributed by atoms with Gasteiger partial charge in [-0.2, -0.15) is 0 Å². The highest BCUT2D eigenvalue weighted by Crippen LogP contribution is 2.71. The molecule has 0 saturated heterocycles. The van der Waals surface area contributed by atoms with Gasteiger partial charge in [-0.05, 0) is 155 Å². The third kappa shape index (κ3) is 4.15. The largest absolute Gasteiger partial charge is 0.310 e. The van der Waals surface area contributed by atoms with Gasteiger partial charge in [-0.1, -0.05) is 128 Å². The number of nitrogens with zero attached hydrogens (tertiary/aromatic N) is 1. The predicted molar refractivity (Wildman–Crippen MR) is 219 cm³/mol. The third-order valence-corrected chi connectivity index (χ3v) is 15.2. The highest BCUT2D eigenvalue weighted by Gasteiger charge is 2.62. The minimum absolute atomic E-state index is 0.0702. The summed E-state index contributed by atoms with van der Waals surface area (Å²) in [6, 6.07) is 54.2. The molecule has 0 aromatic heterocycles. The molecule has 1 heteroatoms. The smallest absolute Gasteiger partial charge is 0.0509 e. The lowest BCUT2D eigenvalue weighted by molar-refractivity contribution is -0.0397. The van der Waals surface area contributed by atoms with Gasteiger partial charge in [0.1, 0.15) is 0 Å². The van der Waals surface area contributed by atoms with Crippen LogP contribution in [0.4, 0.5) is 17.1 Å². The first-order valence-electron chi connectivity index (χ1n) is 20.7. The van der Waals surface area contributed by atoms with E-state index in [2.05, 4.69) is 144 Å². The van der Waals surface area contributed by atoms with E-state index in [4.69, 9.17) is 0 Å². The summed E-state index contributed by atoms with van der Waals surface area (Å²) in [6.45, 7) is 0. The number of anilines is 3. The van der Waals surface area contributed by atoms with Gasteiger partial charge < -0.3 is 4.90 Å². The summed E-state index contributed by atoms with van der Waals surface area (Å²) in [6.07, 6.45) is 13.5. The van der Waals surface area contributed by atoms with Crippen LogP contribution in [-0.4, -0.2) is 0 Å². The van der Waals surface area contributed by atoms with Gasteiger partial charge in [0.25, 0.3) is 0 Å². The summed E-state index contributed by atoms with van der Waals surface area (Å²) in [5, 5.41) is 0. The molecule has 0 aliphatic heterocycles. The van der Waals surface area contributed by atoms with E-state index in [0.29, 0.717) is 11.8 Å². The number of rotatable bonds is 4. The van der Waals surface area contributed by atoms with E-state index in [9.17, 15) is 0 Å². The lowest BCUT2D eigenvalue weighted by atomic mass is 9.43. The van der Waals surface area contributed by atoms with Crippen molar-refractivity contribution in [1.29, 1.82) is 0 Å². The average Bonchev–Trinajstić information content (AvgIpc) is 3.65. The monoisotopic (exact) mass is 685 g/mol. The van der Waals surface area contributed by atoms with Crippen molar-refractivity contribution >= 4 is 17.1 Å². The summed E-state index contributed by atoms with van der Waals surface area (Å²) in [5.41, 5.74) is 18.9. The van der Waals surface area contributed by atoms with Gasteiger partial charge in [-0.25, -0.2) is 0 Å². The van der Waals surface area contributed by atoms with E-state index in [0.717, 1.165) is 11.8 Å². The summed E-state index contributed by atoms with van der Waals surface area (Å²) >= 11 is 0. The minimum atomic E-state index is 0.0702. The first-order chi connectivity index (χ1) is 26.2. The Kier molecular flexibility index (Phi) is 6.53. The molecule has 53 heavy (non-hydrogen) atoms. The van der Waals surface area contributed by atoms with E-state index in [1.165, 1.54) is 115 Å². The maximum Gasteiger partial charge on any atom is 0.0509 e. The van der Waals surface area contributed by atoms with Gasteiger partial charge in [0, 0.05) is 22.2 Å². The van der Waals surface area contributed by atoms with E-state index in [-0.39, 0.29) is 10.8 Å². The standard InChI is InChI=1S/C52H47N/c1-3-13-36(14-4-1)37-15-11-16-40(32-37)53(41-23-24-47-45(33-41)43-18-5-7-20-46(43)51(47)25-9-2-10-26-51)49-22-12-19-44-42-17-6-8-21-48(42)52(50(44)49)38-28-34-27-35(30-38)31-39(52)29-34/h1,3-8,11-24,32-35,38-39H,2,9-10,25-31H2. The molecule has 6 aromatic carbocycles. The summed E-state index contributed by atoms with van der Waals surface area (Å²) < 4.78 is 0. The van der Waals surface area contributed by atoms with Crippen LogP contribution in [0.1, 0.15) is 86.5 Å². The van der Waals surface area contributed by atoms with Crippen molar-refractivity contribution in [1.82, 2.24) is 0 Å². The molecular weight excluding hydrogens is 639 g/mol. The molecule has 4 bridgehead atoms. The normalized spacial score (nSPS) is 26.3. The van der Waals surface area contributed by atoms with Gasteiger partial charge >= 0.3 is 0 Å². The molecule has 0 N–H and O–H groups in total. The summed E-state index contributed by atoms with van der Waals surface area (Å²) in [7, 11) is 0. The van der Waals surface area contributed by atoms with Crippen molar-refractivity contribution in [3.05, 3.63) is 162 Å². The zero-order valence-electron chi connectivity index (χ0n) is 30.6. The van der Waals surface area contributed by atoms with E-state index < -0.39 is 0 Å². The molecule has 0 radical (unpaired) electrons. The van der Waals surface area contributed by atoms with Crippen LogP contribution >= 0.6 is 0 Å². The molecule has 1 nitrogen and oxygen atoms in total. The number of hydrogen-bond acceptors (Lipinski definition) is 1. The molecule has 0 atom stereocenters. The highest BCUT2D eigenvalue weighted by molar-refractivity contribution is 5.93. The maximum absolute atomic E-state index is 2.68. The second-order valence-electron chi connectivity index (χ2n) is 17.6. The van der Waals surface area contributed by atoms with Gasteiger partial charge in [-0.3, -0.25) is 0 Å². The van der Waals surface area contributed by atoms with E-state index in [1.54, 1.807) is 22.3 Å². The van der Waals surface area contributed by atoms with Crippen LogP contribution in [0, 0.1) is 23.7 Å². The van der Waals surface area contributed by atoms with Crippen molar-refractivity contribution in [3.63, 3.8) is 0 Å². The lowest BCUT2D eigenvalue weighted by Gasteiger charge is -2.61. The van der Waals surface area contributed by atoms with Crippen LogP contribution in [0.2, 0.25) is 0 Å².